The number of hydrogen-bond donors (Lipinski definition) is 0. The van der Waals surface area contributed by atoms with Crippen molar-refractivity contribution in [1.82, 2.24) is 9.80 Å². The summed E-state index contributed by atoms with van der Waals surface area (Å²) < 4.78 is 11.5. The molecule has 0 saturated carbocycles. The van der Waals surface area contributed by atoms with Crippen molar-refractivity contribution in [2.24, 2.45) is 0 Å². The first-order valence-electron chi connectivity index (χ1n) is 8.91. The van der Waals surface area contributed by atoms with Gasteiger partial charge >= 0.3 is 0 Å². The lowest BCUT2D eigenvalue weighted by atomic mass is 10.2. The number of methoxy groups -OCH3 is 1. The summed E-state index contributed by atoms with van der Waals surface area (Å²) in [6.45, 7) is 6.04. The Hall–Kier alpha value is -1.61. The Balaban J connectivity index is 1.52. The zero-order valence-electron chi connectivity index (χ0n) is 14.5. The predicted molar refractivity (Wildman–Crippen MR) is 93.1 cm³/mol. The molecule has 2 heterocycles. The molecule has 0 radical (unpaired) electrons. The molecule has 2 fully saturated rings. The minimum Gasteiger partial charge on any atom is -0.491 e. The second kappa shape index (κ2) is 8.48. The first kappa shape index (κ1) is 17.2. The number of para-hydroxylation sites is 1. The topological polar surface area (TPSA) is 48.7 Å². The van der Waals surface area contributed by atoms with Crippen molar-refractivity contribution in [3.63, 3.8) is 0 Å². The number of nitriles is 1. The predicted octanol–water partition coefficient (Wildman–Crippen LogP) is 2.12. The second-order valence-electron chi connectivity index (χ2n) is 6.71. The summed E-state index contributed by atoms with van der Waals surface area (Å²) in [6, 6.07) is 10.2. The van der Waals surface area contributed by atoms with Gasteiger partial charge in [-0.1, -0.05) is 12.1 Å². The van der Waals surface area contributed by atoms with Gasteiger partial charge in [0.25, 0.3) is 0 Å². The van der Waals surface area contributed by atoms with Crippen molar-refractivity contribution in [3.8, 4) is 11.8 Å². The van der Waals surface area contributed by atoms with Crippen LogP contribution < -0.4 is 4.74 Å². The minimum absolute atomic E-state index is 0.323. The van der Waals surface area contributed by atoms with Crippen LogP contribution in [0.3, 0.4) is 0 Å². The highest BCUT2D eigenvalue weighted by Gasteiger charge is 2.33. The van der Waals surface area contributed by atoms with E-state index >= 15 is 0 Å². The van der Waals surface area contributed by atoms with Gasteiger partial charge in [0.15, 0.2) is 0 Å². The van der Waals surface area contributed by atoms with E-state index in [2.05, 4.69) is 15.9 Å². The highest BCUT2D eigenvalue weighted by molar-refractivity contribution is 5.42. The van der Waals surface area contributed by atoms with E-state index < -0.39 is 0 Å². The monoisotopic (exact) mass is 329 g/mol. The molecule has 130 valence electrons. The summed E-state index contributed by atoms with van der Waals surface area (Å²) >= 11 is 0. The summed E-state index contributed by atoms with van der Waals surface area (Å²) in [5.41, 5.74) is 0.599. The van der Waals surface area contributed by atoms with Gasteiger partial charge in [-0.3, -0.25) is 4.90 Å². The van der Waals surface area contributed by atoms with Gasteiger partial charge in [-0.2, -0.15) is 5.26 Å². The molecule has 2 atom stereocenters. The maximum Gasteiger partial charge on any atom is 0.137 e. The van der Waals surface area contributed by atoms with E-state index in [9.17, 15) is 0 Å². The van der Waals surface area contributed by atoms with E-state index in [1.54, 1.807) is 13.2 Å². The Bertz CT molecular complexity index is 566. The number of rotatable bonds is 7. The Labute approximate surface area is 144 Å². The molecule has 1 aromatic rings. The summed E-state index contributed by atoms with van der Waals surface area (Å²) in [4.78, 5) is 5.06. The number of likely N-dealkylation sites (tertiary alicyclic amines) is 2. The Kier molecular flexibility index (Phi) is 6.08. The zero-order chi connectivity index (χ0) is 16.8. The van der Waals surface area contributed by atoms with Crippen molar-refractivity contribution >= 4 is 0 Å². The van der Waals surface area contributed by atoms with Crippen molar-refractivity contribution in [3.05, 3.63) is 29.8 Å². The molecule has 0 amide bonds. The van der Waals surface area contributed by atoms with Crippen LogP contribution in [0.5, 0.6) is 5.75 Å². The molecule has 2 aliphatic heterocycles. The molecule has 2 aliphatic rings. The third kappa shape index (κ3) is 4.27. The van der Waals surface area contributed by atoms with Crippen LogP contribution in [0.25, 0.3) is 0 Å². The van der Waals surface area contributed by atoms with Crippen LogP contribution in [-0.4, -0.2) is 68.4 Å². The molecule has 2 saturated heterocycles. The smallest absolute Gasteiger partial charge is 0.137 e. The van der Waals surface area contributed by atoms with E-state index in [-0.39, 0.29) is 0 Å². The van der Waals surface area contributed by atoms with Gasteiger partial charge in [0.1, 0.15) is 18.4 Å². The lowest BCUT2D eigenvalue weighted by Crippen LogP contribution is -2.41. The van der Waals surface area contributed by atoms with Crippen LogP contribution in [0, 0.1) is 11.3 Å². The molecule has 0 spiro atoms. The fourth-order valence-electron chi connectivity index (χ4n) is 3.79. The van der Waals surface area contributed by atoms with Gasteiger partial charge in [-0.15, -0.1) is 0 Å². The lowest BCUT2D eigenvalue weighted by Gasteiger charge is -2.28. The molecule has 1 aromatic carbocycles. The van der Waals surface area contributed by atoms with E-state index in [0.29, 0.717) is 30.1 Å². The molecular weight excluding hydrogens is 302 g/mol. The van der Waals surface area contributed by atoms with Crippen molar-refractivity contribution < 1.29 is 9.47 Å². The van der Waals surface area contributed by atoms with Gasteiger partial charge in [0.2, 0.25) is 0 Å². The van der Waals surface area contributed by atoms with Crippen LogP contribution in [0.15, 0.2) is 24.3 Å². The van der Waals surface area contributed by atoms with Crippen LogP contribution in [-0.2, 0) is 4.74 Å². The molecule has 0 N–H and O–H groups in total. The highest BCUT2D eigenvalue weighted by atomic mass is 16.5. The van der Waals surface area contributed by atoms with E-state index in [4.69, 9.17) is 14.7 Å². The molecule has 0 bridgehead atoms. The summed E-state index contributed by atoms with van der Waals surface area (Å²) in [7, 11) is 1.81. The summed E-state index contributed by atoms with van der Waals surface area (Å²) in [5.74, 6) is 0.679. The lowest BCUT2D eigenvalue weighted by molar-refractivity contribution is 0.105. The first-order chi connectivity index (χ1) is 11.8. The third-order valence-electron chi connectivity index (χ3n) is 5.13. The maximum absolute atomic E-state index is 9.13. The first-order valence-corrected chi connectivity index (χ1v) is 8.91. The van der Waals surface area contributed by atoms with Gasteiger partial charge in [-0.05, 0) is 44.5 Å². The number of hydrogen-bond acceptors (Lipinski definition) is 5. The van der Waals surface area contributed by atoms with E-state index in [0.717, 1.165) is 26.1 Å². The fraction of sp³-hybridized carbons (Fsp3) is 0.632. The normalized spacial score (nSPS) is 25.0. The molecule has 0 unspecified atom stereocenters. The average Bonchev–Trinajstić information content (AvgIpc) is 3.26. The van der Waals surface area contributed by atoms with Crippen LogP contribution in [0.1, 0.15) is 24.8 Å². The standard InChI is InChI=1S/C19H27N3O2/c1-23-18-12-17(14-21-8-4-5-9-21)22(15-18)10-11-24-19-7-3-2-6-16(19)13-20/h2-3,6-7,17-18H,4-5,8-12,14-15H2,1H3/t17-,18-/m0/s1. The Morgan fingerprint density at radius 3 is 2.79 bits per heavy atom. The Morgan fingerprint density at radius 2 is 2.04 bits per heavy atom. The van der Waals surface area contributed by atoms with Gasteiger partial charge in [0, 0.05) is 32.8 Å². The molecule has 24 heavy (non-hydrogen) atoms. The van der Waals surface area contributed by atoms with Gasteiger partial charge in [-0.25, -0.2) is 0 Å². The SMILES string of the molecule is CO[C@H]1C[C@@H](CN2CCCC2)N(CCOc2ccccc2C#N)C1. The van der Waals surface area contributed by atoms with Crippen LogP contribution in [0.4, 0.5) is 0 Å². The number of nitrogens with zero attached hydrogens (tertiary/aromatic N) is 3. The molecule has 3 rings (SSSR count). The fourth-order valence-corrected chi connectivity index (χ4v) is 3.79. The van der Waals surface area contributed by atoms with Crippen molar-refractivity contribution in [2.45, 2.75) is 31.4 Å². The molecular formula is C19H27N3O2. The van der Waals surface area contributed by atoms with Crippen molar-refractivity contribution in [2.75, 3.05) is 46.4 Å². The van der Waals surface area contributed by atoms with Gasteiger partial charge < -0.3 is 14.4 Å². The largest absolute Gasteiger partial charge is 0.491 e. The van der Waals surface area contributed by atoms with Crippen molar-refractivity contribution in [1.29, 1.82) is 5.26 Å². The highest BCUT2D eigenvalue weighted by Crippen LogP contribution is 2.23. The van der Waals surface area contributed by atoms with Gasteiger partial charge in [0.05, 0.1) is 11.7 Å². The van der Waals surface area contributed by atoms with Crippen LogP contribution >= 0.6 is 0 Å². The van der Waals surface area contributed by atoms with E-state index in [1.165, 1.54) is 25.9 Å². The molecule has 0 aromatic heterocycles. The number of ether oxygens (including phenoxy) is 2. The minimum atomic E-state index is 0.323. The Morgan fingerprint density at radius 1 is 1.25 bits per heavy atom. The second-order valence-corrected chi connectivity index (χ2v) is 6.71. The number of benzene rings is 1. The third-order valence-corrected chi connectivity index (χ3v) is 5.13. The average molecular weight is 329 g/mol. The van der Waals surface area contributed by atoms with Crippen LogP contribution in [0.2, 0.25) is 0 Å². The quantitative estimate of drug-likeness (QED) is 0.767. The summed E-state index contributed by atoms with van der Waals surface area (Å²) in [6.07, 6.45) is 4.08. The molecule has 5 heteroatoms. The molecule has 0 aliphatic carbocycles. The zero-order valence-corrected chi connectivity index (χ0v) is 14.5. The van der Waals surface area contributed by atoms with E-state index in [1.807, 2.05) is 18.2 Å². The summed E-state index contributed by atoms with van der Waals surface area (Å²) in [5, 5.41) is 9.13. The maximum atomic E-state index is 9.13. The molecule has 5 nitrogen and oxygen atoms in total.